The van der Waals surface area contributed by atoms with Gasteiger partial charge >= 0.3 is 0 Å². The van der Waals surface area contributed by atoms with Crippen molar-refractivity contribution in [2.24, 2.45) is 17.6 Å². The minimum absolute atomic E-state index is 0.325. The smallest absolute Gasteiger partial charge is 0.254 e. The maximum Gasteiger partial charge on any atom is 0.254 e. The Morgan fingerprint density at radius 2 is 2.17 bits per heavy atom. The first-order chi connectivity index (χ1) is 11.6. The first-order valence-electron chi connectivity index (χ1n) is 8.44. The number of rotatable bonds is 6. The Hall–Kier alpha value is -2.34. The molecule has 128 valence electrons. The molecule has 2 heterocycles. The van der Waals surface area contributed by atoms with Gasteiger partial charge in [-0.1, -0.05) is 44.2 Å². The molecule has 0 saturated heterocycles. The Labute approximate surface area is 142 Å². The van der Waals surface area contributed by atoms with Crippen LogP contribution in [0.5, 0.6) is 0 Å². The van der Waals surface area contributed by atoms with Crippen molar-refractivity contribution in [1.82, 2.24) is 15.1 Å². The van der Waals surface area contributed by atoms with E-state index in [9.17, 15) is 4.79 Å². The molecule has 1 amide bonds. The SMILES string of the molecule is CC(C)[C@@H](NC[C@@H]1CNc2c(C(N)=O)cnn2C1)c1ccccc1. The van der Waals surface area contributed by atoms with Crippen LogP contribution in [0.25, 0.3) is 0 Å². The summed E-state index contributed by atoms with van der Waals surface area (Å²) in [6, 6.07) is 10.9. The number of amides is 1. The highest BCUT2D eigenvalue weighted by Gasteiger charge is 2.24. The average Bonchev–Trinajstić information content (AvgIpc) is 2.99. The molecule has 1 aromatic heterocycles. The fraction of sp³-hybridized carbons (Fsp3) is 0.444. The first kappa shape index (κ1) is 16.5. The molecule has 1 aliphatic rings. The van der Waals surface area contributed by atoms with Gasteiger partial charge in [0.2, 0.25) is 0 Å². The van der Waals surface area contributed by atoms with Crippen LogP contribution in [0.1, 0.15) is 35.8 Å². The number of carbonyl (C=O) groups excluding carboxylic acids is 1. The molecule has 1 aromatic carbocycles. The van der Waals surface area contributed by atoms with Crippen LogP contribution in [0.2, 0.25) is 0 Å². The largest absolute Gasteiger partial charge is 0.369 e. The summed E-state index contributed by atoms with van der Waals surface area (Å²) in [5.74, 6) is 1.21. The van der Waals surface area contributed by atoms with Crippen molar-refractivity contribution in [2.45, 2.75) is 26.4 Å². The van der Waals surface area contributed by atoms with Crippen LogP contribution in [0.3, 0.4) is 0 Å². The quantitative estimate of drug-likeness (QED) is 0.758. The number of nitrogens with two attached hydrogens (primary N) is 1. The first-order valence-corrected chi connectivity index (χ1v) is 8.44. The lowest BCUT2D eigenvalue weighted by atomic mass is 9.95. The number of carbonyl (C=O) groups is 1. The second kappa shape index (κ2) is 7.05. The fourth-order valence-electron chi connectivity index (χ4n) is 3.27. The van der Waals surface area contributed by atoms with Crippen molar-refractivity contribution in [3.05, 3.63) is 47.7 Å². The zero-order valence-corrected chi connectivity index (χ0v) is 14.2. The predicted octanol–water partition coefficient (Wildman–Crippen LogP) is 2.01. The average molecular weight is 327 g/mol. The van der Waals surface area contributed by atoms with Gasteiger partial charge in [-0.2, -0.15) is 5.10 Å². The van der Waals surface area contributed by atoms with Gasteiger partial charge < -0.3 is 16.4 Å². The number of fused-ring (bicyclic) bond motifs is 1. The third-order valence-corrected chi connectivity index (χ3v) is 4.55. The Bertz CT molecular complexity index is 695. The zero-order chi connectivity index (χ0) is 17.1. The molecule has 0 bridgehead atoms. The highest BCUT2D eigenvalue weighted by Crippen LogP contribution is 2.24. The van der Waals surface area contributed by atoms with Gasteiger partial charge in [0.25, 0.3) is 5.91 Å². The van der Waals surface area contributed by atoms with Crippen LogP contribution in [-0.2, 0) is 6.54 Å². The van der Waals surface area contributed by atoms with Gasteiger partial charge in [-0.25, -0.2) is 4.68 Å². The summed E-state index contributed by atoms with van der Waals surface area (Å²) in [6.07, 6.45) is 1.54. The molecule has 24 heavy (non-hydrogen) atoms. The topological polar surface area (TPSA) is 85.0 Å². The minimum Gasteiger partial charge on any atom is -0.369 e. The molecule has 0 radical (unpaired) electrons. The van der Waals surface area contributed by atoms with E-state index in [-0.39, 0.29) is 0 Å². The molecule has 0 spiro atoms. The van der Waals surface area contributed by atoms with Gasteiger partial charge in [0, 0.05) is 31.6 Å². The Morgan fingerprint density at radius 3 is 2.83 bits per heavy atom. The summed E-state index contributed by atoms with van der Waals surface area (Å²) in [7, 11) is 0. The maximum atomic E-state index is 11.4. The van der Waals surface area contributed by atoms with Crippen molar-refractivity contribution < 1.29 is 4.79 Å². The van der Waals surface area contributed by atoms with E-state index in [2.05, 4.69) is 53.8 Å². The third-order valence-electron chi connectivity index (χ3n) is 4.55. The monoisotopic (exact) mass is 327 g/mol. The second-order valence-electron chi connectivity index (χ2n) is 6.74. The number of nitrogens with one attached hydrogen (secondary N) is 2. The molecule has 0 unspecified atom stereocenters. The number of benzene rings is 1. The lowest BCUT2D eigenvalue weighted by Gasteiger charge is -2.29. The van der Waals surface area contributed by atoms with E-state index < -0.39 is 5.91 Å². The molecular formula is C18H25N5O. The molecule has 6 nitrogen and oxygen atoms in total. The van der Waals surface area contributed by atoms with Crippen LogP contribution in [-0.4, -0.2) is 28.8 Å². The number of nitrogens with zero attached hydrogens (tertiary/aromatic N) is 2. The van der Waals surface area contributed by atoms with E-state index in [4.69, 9.17) is 5.73 Å². The van der Waals surface area contributed by atoms with Crippen LogP contribution >= 0.6 is 0 Å². The van der Waals surface area contributed by atoms with E-state index in [1.54, 1.807) is 6.20 Å². The molecule has 0 aliphatic carbocycles. The van der Waals surface area contributed by atoms with Crippen LogP contribution < -0.4 is 16.4 Å². The summed E-state index contributed by atoms with van der Waals surface area (Å²) in [5, 5.41) is 11.3. The summed E-state index contributed by atoms with van der Waals surface area (Å²) in [4.78, 5) is 11.4. The van der Waals surface area contributed by atoms with E-state index in [0.717, 1.165) is 25.5 Å². The van der Waals surface area contributed by atoms with Gasteiger partial charge in [-0.3, -0.25) is 4.79 Å². The van der Waals surface area contributed by atoms with Gasteiger partial charge in [0.1, 0.15) is 11.4 Å². The van der Waals surface area contributed by atoms with E-state index >= 15 is 0 Å². The van der Waals surface area contributed by atoms with E-state index in [1.165, 1.54) is 5.56 Å². The molecule has 4 N–H and O–H groups in total. The summed E-state index contributed by atoms with van der Waals surface area (Å²) < 4.78 is 1.84. The lowest BCUT2D eigenvalue weighted by molar-refractivity contribution is 0.100. The summed E-state index contributed by atoms with van der Waals surface area (Å²) in [6.45, 7) is 6.93. The molecular weight excluding hydrogens is 302 g/mol. The Kier molecular flexibility index (Phi) is 4.85. The standard InChI is InChI=1S/C18H25N5O/c1-12(2)16(14-6-4-3-5-7-14)20-8-13-9-21-18-15(17(19)24)10-22-23(18)11-13/h3-7,10,12-13,16,20-21H,8-9,11H2,1-2H3,(H2,19,24)/t13-,16-/m1/s1. The van der Waals surface area contributed by atoms with E-state index in [0.29, 0.717) is 23.4 Å². The molecule has 0 fully saturated rings. The molecule has 0 saturated carbocycles. The molecule has 3 rings (SSSR count). The number of primary amides is 1. The number of aromatic nitrogens is 2. The van der Waals surface area contributed by atoms with E-state index in [1.807, 2.05) is 10.7 Å². The van der Waals surface area contributed by atoms with Gasteiger partial charge in [0.05, 0.1) is 6.20 Å². The fourth-order valence-corrected chi connectivity index (χ4v) is 3.27. The van der Waals surface area contributed by atoms with Crippen molar-refractivity contribution in [2.75, 3.05) is 18.4 Å². The third kappa shape index (κ3) is 3.43. The zero-order valence-electron chi connectivity index (χ0n) is 14.2. The number of hydrogen-bond acceptors (Lipinski definition) is 4. The van der Waals surface area contributed by atoms with Crippen molar-refractivity contribution >= 4 is 11.7 Å². The molecule has 6 heteroatoms. The summed E-state index contributed by atoms with van der Waals surface area (Å²) in [5.41, 5.74) is 7.14. The minimum atomic E-state index is -0.440. The normalized spacial score (nSPS) is 18.0. The van der Waals surface area contributed by atoms with Crippen LogP contribution in [0, 0.1) is 11.8 Å². The van der Waals surface area contributed by atoms with Crippen LogP contribution in [0.15, 0.2) is 36.5 Å². The van der Waals surface area contributed by atoms with Gasteiger partial charge in [0.15, 0.2) is 0 Å². The highest BCUT2D eigenvalue weighted by molar-refractivity contribution is 5.97. The summed E-state index contributed by atoms with van der Waals surface area (Å²) >= 11 is 0. The molecule has 2 aromatic rings. The van der Waals surface area contributed by atoms with Crippen molar-refractivity contribution in [3.63, 3.8) is 0 Å². The highest BCUT2D eigenvalue weighted by atomic mass is 16.1. The molecule has 2 atom stereocenters. The number of anilines is 1. The van der Waals surface area contributed by atoms with Crippen molar-refractivity contribution in [1.29, 1.82) is 0 Å². The predicted molar refractivity (Wildman–Crippen MR) is 94.7 cm³/mol. The maximum absolute atomic E-state index is 11.4. The van der Waals surface area contributed by atoms with Crippen LogP contribution in [0.4, 0.5) is 5.82 Å². The molecule has 1 aliphatic heterocycles. The second-order valence-corrected chi connectivity index (χ2v) is 6.74. The number of hydrogen-bond donors (Lipinski definition) is 3. The lowest BCUT2D eigenvalue weighted by Crippen LogP contribution is -2.38. The van der Waals surface area contributed by atoms with Gasteiger partial charge in [-0.05, 0) is 11.5 Å². The van der Waals surface area contributed by atoms with Crippen molar-refractivity contribution in [3.8, 4) is 0 Å². The van der Waals surface area contributed by atoms with Gasteiger partial charge in [-0.15, -0.1) is 0 Å². The Balaban J connectivity index is 1.63. The Morgan fingerprint density at radius 1 is 1.42 bits per heavy atom.